The van der Waals surface area contributed by atoms with Crippen LogP contribution in [-0.4, -0.2) is 0 Å². The second kappa shape index (κ2) is 5.55. The lowest BCUT2D eigenvalue weighted by Crippen LogP contribution is -2.29. The van der Waals surface area contributed by atoms with Gasteiger partial charge in [0.15, 0.2) is 0 Å². The number of hydrogen-bond acceptors (Lipinski definition) is 1. The zero-order chi connectivity index (χ0) is 12.5. The van der Waals surface area contributed by atoms with Gasteiger partial charge in [-0.15, -0.1) is 12.4 Å². The van der Waals surface area contributed by atoms with E-state index in [0.29, 0.717) is 0 Å². The molecule has 2 aromatic rings. The van der Waals surface area contributed by atoms with E-state index in [-0.39, 0.29) is 17.9 Å². The number of rotatable bonds is 2. The number of benzene rings is 2. The van der Waals surface area contributed by atoms with Gasteiger partial charge in [-0.25, -0.2) is 0 Å². The summed E-state index contributed by atoms with van der Waals surface area (Å²) < 4.78 is 0. The highest BCUT2D eigenvalue weighted by atomic mass is 35.5. The zero-order valence-corrected chi connectivity index (χ0v) is 11.9. The van der Waals surface area contributed by atoms with Crippen molar-refractivity contribution in [2.75, 3.05) is 0 Å². The smallest absolute Gasteiger partial charge is 0.0358 e. The number of aryl methyl sites for hydroxylation is 1. The van der Waals surface area contributed by atoms with E-state index in [0.717, 1.165) is 0 Å². The van der Waals surface area contributed by atoms with Gasteiger partial charge >= 0.3 is 0 Å². The Bertz CT molecular complexity index is 527. The van der Waals surface area contributed by atoms with Gasteiger partial charge in [-0.2, -0.15) is 0 Å². The van der Waals surface area contributed by atoms with Crippen LogP contribution in [0.5, 0.6) is 0 Å². The number of nitrogens with two attached hydrogens (primary N) is 1. The van der Waals surface area contributed by atoms with Crippen LogP contribution < -0.4 is 5.73 Å². The van der Waals surface area contributed by atoms with E-state index >= 15 is 0 Å². The Kier molecular flexibility index (Phi) is 4.55. The largest absolute Gasteiger partial charge is 0.322 e. The van der Waals surface area contributed by atoms with E-state index in [4.69, 9.17) is 5.73 Å². The monoisotopic (exact) mass is 261 g/mol. The third kappa shape index (κ3) is 2.92. The third-order valence-corrected chi connectivity index (χ3v) is 3.06. The van der Waals surface area contributed by atoms with Gasteiger partial charge in [0.05, 0.1) is 0 Å². The summed E-state index contributed by atoms with van der Waals surface area (Å²) in [5.74, 6) is 0. The summed E-state index contributed by atoms with van der Waals surface area (Å²) in [6, 6.07) is 16.8. The normalized spacial score (nSPS) is 10.9. The molecule has 0 amide bonds. The molecule has 2 aromatic carbocycles. The van der Waals surface area contributed by atoms with E-state index < -0.39 is 0 Å². The first-order valence-electron chi connectivity index (χ1n) is 5.94. The first kappa shape index (κ1) is 14.7. The molecule has 0 aliphatic rings. The van der Waals surface area contributed by atoms with Gasteiger partial charge in [0, 0.05) is 5.54 Å². The van der Waals surface area contributed by atoms with Crippen molar-refractivity contribution in [2.24, 2.45) is 5.73 Å². The molecule has 96 valence electrons. The molecular weight excluding hydrogens is 242 g/mol. The molecule has 0 aromatic heterocycles. The quantitative estimate of drug-likeness (QED) is 0.858. The summed E-state index contributed by atoms with van der Waals surface area (Å²) in [6.45, 7) is 6.23. The predicted molar refractivity (Wildman–Crippen MR) is 81.1 cm³/mol. The molecule has 0 fully saturated rings. The Balaban J connectivity index is 0.00000162. The lowest BCUT2D eigenvalue weighted by molar-refractivity contribution is 0.556. The molecule has 2 N–H and O–H groups in total. The summed E-state index contributed by atoms with van der Waals surface area (Å²) in [4.78, 5) is 0. The highest BCUT2D eigenvalue weighted by Gasteiger charge is 2.18. The lowest BCUT2D eigenvalue weighted by Gasteiger charge is -2.23. The van der Waals surface area contributed by atoms with Gasteiger partial charge < -0.3 is 5.73 Å². The van der Waals surface area contributed by atoms with E-state index in [9.17, 15) is 0 Å². The van der Waals surface area contributed by atoms with Crippen molar-refractivity contribution >= 4 is 12.4 Å². The maximum Gasteiger partial charge on any atom is 0.0358 e. The summed E-state index contributed by atoms with van der Waals surface area (Å²) >= 11 is 0. The summed E-state index contributed by atoms with van der Waals surface area (Å²) in [5, 5.41) is 0. The topological polar surface area (TPSA) is 26.0 Å². The fourth-order valence-electron chi connectivity index (χ4n) is 2.15. The molecule has 0 saturated carbocycles. The maximum atomic E-state index is 6.24. The maximum absolute atomic E-state index is 6.24. The summed E-state index contributed by atoms with van der Waals surface area (Å²) in [6.07, 6.45) is 0. The Morgan fingerprint density at radius 2 is 1.33 bits per heavy atom. The van der Waals surface area contributed by atoms with Crippen LogP contribution in [0.3, 0.4) is 0 Å². The molecule has 0 aliphatic carbocycles. The molecule has 0 spiro atoms. The molecule has 0 saturated heterocycles. The van der Waals surface area contributed by atoms with Gasteiger partial charge in [-0.05, 0) is 43.0 Å². The summed E-state index contributed by atoms with van der Waals surface area (Å²) in [7, 11) is 0. The van der Waals surface area contributed by atoms with Crippen molar-refractivity contribution < 1.29 is 0 Å². The molecule has 0 aliphatic heterocycles. The Hall–Kier alpha value is -1.31. The Morgan fingerprint density at radius 3 is 1.89 bits per heavy atom. The molecule has 2 rings (SSSR count). The van der Waals surface area contributed by atoms with Crippen molar-refractivity contribution in [1.82, 2.24) is 0 Å². The number of hydrogen-bond donors (Lipinski definition) is 1. The second-order valence-corrected chi connectivity index (χ2v) is 5.08. The van der Waals surface area contributed by atoms with Crippen LogP contribution in [0.4, 0.5) is 0 Å². The molecular formula is C16H20ClN. The lowest BCUT2D eigenvalue weighted by atomic mass is 9.86. The van der Waals surface area contributed by atoms with Gasteiger partial charge in [-0.3, -0.25) is 0 Å². The average molecular weight is 262 g/mol. The fourth-order valence-corrected chi connectivity index (χ4v) is 2.15. The van der Waals surface area contributed by atoms with Crippen molar-refractivity contribution in [3.05, 3.63) is 59.7 Å². The minimum Gasteiger partial charge on any atom is -0.322 e. The molecule has 0 atom stereocenters. The molecule has 0 bridgehead atoms. The highest BCUT2D eigenvalue weighted by molar-refractivity contribution is 5.85. The minimum absolute atomic E-state index is 0. The van der Waals surface area contributed by atoms with Crippen LogP contribution >= 0.6 is 12.4 Å². The van der Waals surface area contributed by atoms with Crippen LogP contribution in [0.15, 0.2) is 48.5 Å². The average Bonchev–Trinajstić information content (AvgIpc) is 2.28. The van der Waals surface area contributed by atoms with Crippen molar-refractivity contribution in [2.45, 2.75) is 26.3 Å². The van der Waals surface area contributed by atoms with E-state index in [2.05, 4.69) is 49.4 Å². The van der Waals surface area contributed by atoms with E-state index in [1.165, 1.54) is 22.3 Å². The molecule has 1 nitrogen and oxygen atoms in total. The van der Waals surface area contributed by atoms with Gasteiger partial charge in [0.2, 0.25) is 0 Å². The molecule has 0 heterocycles. The van der Waals surface area contributed by atoms with Crippen molar-refractivity contribution in [3.8, 4) is 11.1 Å². The molecule has 0 radical (unpaired) electrons. The summed E-state index contributed by atoms with van der Waals surface area (Å²) in [5.41, 5.74) is 10.9. The standard InChI is InChI=1S/C16H19N.ClH/c1-12-8-4-5-9-13(12)14-10-6-7-11-15(14)16(2,3)17;/h4-11H,17H2,1-3H3;1H. The van der Waals surface area contributed by atoms with Crippen LogP contribution in [0.2, 0.25) is 0 Å². The SMILES string of the molecule is Cc1ccccc1-c1ccccc1C(C)(C)N.Cl. The third-order valence-electron chi connectivity index (χ3n) is 3.06. The number of halogens is 1. The van der Waals surface area contributed by atoms with Crippen LogP contribution in [0, 0.1) is 6.92 Å². The fraction of sp³-hybridized carbons (Fsp3) is 0.250. The van der Waals surface area contributed by atoms with Crippen molar-refractivity contribution in [3.63, 3.8) is 0 Å². The van der Waals surface area contributed by atoms with E-state index in [1.54, 1.807) is 0 Å². The molecule has 18 heavy (non-hydrogen) atoms. The van der Waals surface area contributed by atoms with Crippen LogP contribution in [-0.2, 0) is 5.54 Å². The Morgan fingerprint density at radius 1 is 0.833 bits per heavy atom. The van der Waals surface area contributed by atoms with Gasteiger partial charge in [0.1, 0.15) is 0 Å². The van der Waals surface area contributed by atoms with E-state index in [1.807, 2.05) is 19.9 Å². The van der Waals surface area contributed by atoms with Crippen LogP contribution in [0.1, 0.15) is 25.0 Å². The van der Waals surface area contributed by atoms with Crippen LogP contribution in [0.25, 0.3) is 11.1 Å². The predicted octanol–water partition coefficient (Wildman–Crippen LogP) is 4.28. The zero-order valence-electron chi connectivity index (χ0n) is 11.1. The van der Waals surface area contributed by atoms with Gasteiger partial charge in [0.25, 0.3) is 0 Å². The molecule has 2 heteroatoms. The minimum atomic E-state index is -0.321. The highest BCUT2D eigenvalue weighted by Crippen LogP contribution is 2.31. The van der Waals surface area contributed by atoms with Gasteiger partial charge in [-0.1, -0.05) is 48.5 Å². The first-order valence-corrected chi connectivity index (χ1v) is 5.94. The molecule has 0 unspecified atom stereocenters. The second-order valence-electron chi connectivity index (χ2n) is 5.08. The Labute approximate surface area is 115 Å². The first-order chi connectivity index (χ1) is 8.00. The van der Waals surface area contributed by atoms with Crippen molar-refractivity contribution in [1.29, 1.82) is 0 Å².